The van der Waals surface area contributed by atoms with Crippen LogP contribution in [0, 0.1) is 5.82 Å². The van der Waals surface area contributed by atoms with E-state index in [9.17, 15) is 9.18 Å². The summed E-state index contributed by atoms with van der Waals surface area (Å²) in [5, 5.41) is 12.7. The Morgan fingerprint density at radius 2 is 2.00 bits per heavy atom. The molecule has 0 bridgehead atoms. The highest BCUT2D eigenvalue weighted by atomic mass is 32.1. The number of rotatable bonds is 7. The quantitative estimate of drug-likeness (QED) is 0.615. The van der Waals surface area contributed by atoms with Crippen LogP contribution in [0.15, 0.2) is 54.0 Å². The van der Waals surface area contributed by atoms with E-state index in [1.165, 1.54) is 25.0 Å². The van der Waals surface area contributed by atoms with Gasteiger partial charge < -0.3 is 5.32 Å². The summed E-state index contributed by atoms with van der Waals surface area (Å²) >= 11 is 1.60. The van der Waals surface area contributed by atoms with Gasteiger partial charge in [0.2, 0.25) is 5.91 Å². The number of carbonyl (C=O) groups is 1. The molecule has 2 N–H and O–H groups in total. The Morgan fingerprint density at radius 3 is 2.71 bits per heavy atom. The minimum absolute atomic E-state index is 0.122. The smallest absolute Gasteiger partial charge is 0.239 e. The third-order valence-electron chi connectivity index (χ3n) is 5.11. The van der Waals surface area contributed by atoms with E-state index < -0.39 is 0 Å². The fraction of sp³-hybridized carbons (Fsp3) is 0.333. The zero-order valence-electron chi connectivity index (χ0n) is 15.5. The second kappa shape index (κ2) is 8.67. The number of carbonyl (C=O) groups excluding carboxylic acids is 1. The molecule has 7 heteroatoms. The van der Waals surface area contributed by atoms with Gasteiger partial charge in [0.1, 0.15) is 11.6 Å². The fourth-order valence-corrected chi connectivity index (χ4v) is 4.56. The van der Waals surface area contributed by atoms with Gasteiger partial charge in [-0.25, -0.2) is 9.07 Å². The van der Waals surface area contributed by atoms with Crippen molar-refractivity contribution < 1.29 is 9.18 Å². The normalized spacial score (nSPS) is 15.6. The second-order valence-corrected chi connectivity index (χ2v) is 8.01. The highest BCUT2D eigenvalue weighted by Crippen LogP contribution is 2.31. The Hall–Kier alpha value is -2.51. The summed E-state index contributed by atoms with van der Waals surface area (Å²) < 4.78 is 15.2. The summed E-state index contributed by atoms with van der Waals surface area (Å²) in [5.74, 6) is 0.350. The molecule has 1 amide bonds. The molecule has 0 saturated heterocycles. The number of benzene rings is 1. The minimum atomic E-state index is -0.272. The van der Waals surface area contributed by atoms with Crippen LogP contribution in [0.5, 0.6) is 0 Å². The van der Waals surface area contributed by atoms with Crippen molar-refractivity contribution in [2.24, 2.45) is 0 Å². The van der Waals surface area contributed by atoms with Crippen molar-refractivity contribution in [3.8, 4) is 0 Å². The monoisotopic (exact) mass is 398 g/mol. The Kier molecular flexibility index (Phi) is 5.83. The van der Waals surface area contributed by atoms with Crippen LogP contribution in [0.4, 0.5) is 10.2 Å². The highest BCUT2D eigenvalue weighted by Gasteiger charge is 2.21. The third-order valence-corrected chi connectivity index (χ3v) is 6.04. The maximum Gasteiger partial charge on any atom is 0.239 e. The predicted molar refractivity (Wildman–Crippen MR) is 109 cm³/mol. The molecule has 0 radical (unpaired) electrons. The average Bonchev–Trinajstić information content (AvgIpc) is 3.46. The molecule has 1 aliphatic rings. The molecular formula is C21H23FN4OS. The van der Waals surface area contributed by atoms with Gasteiger partial charge in [0, 0.05) is 10.9 Å². The summed E-state index contributed by atoms with van der Waals surface area (Å²) in [6.45, 7) is 0.149. The minimum Gasteiger partial charge on any atom is -0.310 e. The van der Waals surface area contributed by atoms with Crippen LogP contribution in [0.2, 0.25) is 0 Å². The zero-order chi connectivity index (χ0) is 19.3. The van der Waals surface area contributed by atoms with Crippen LogP contribution in [-0.4, -0.2) is 22.2 Å². The average molecular weight is 399 g/mol. The first-order valence-electron chi connectivity index (χ1n) is 9.56. The molecule has 146 valence electrons. The van der Waals surface area contributed by atoms with E-state index in [0.717, 1.165) is 29.1 Å². The van der Waals surface area contributed by atoms with E-state index in [-0.39, 0.29) is 24.3 Å². The molecule has 28 heavy (non-hydrogen) atoms. The Balaban J connectivity index is 1.42. The first-order valence-corrected chi connectivity index (χ1v) is 10.4. The van der Waals surface area contributed by atoms with Crippen molar-refractivity contribution in [2.45, 2.75) is 37.8 Å². The van der Waals surface area contributed by atoms with Gasteiger partial charge in [-0.1, -0.05) is 31.0 Å². The van der Waals surface area contributed by atoms with Crippen LogP contribution in [0.3, 0.4) is 0 Å². The van der Waals surface area contributed by atoms with E-state index in [2.05, 4.69) is 15.7 Å². The molecule has 0 spiro atoms. The summed E-state index contributed by atoms with van der Waals surface area (Å²) in [6, 6.07) is 12.4. The van der Waals surface area contributed by atoms with Gasteiger partial charge in [-0.15, -0.1) is 11.3 Å². The number of thiophene rings is 1. The Bertz CT molecular complexity index is 901. The first kappa shape index (κ1) is 18.8. The molecule has 4 rings (SSSR count). The van der Waals surface area contributed by atoms with Crippen molar-refractivity contribution in [1.29, 1.82) is 0 Å². The van der Waals surface area contributed by atoms with Crippen LogP contribution in [0.1, 0.15) is 48.2 Å². The van der Waals surface area contributed by atoms with Crippen LogP contribution in [-0.2, 0) is 4.79 Å². The van der Waals surface area contributed by atoms with Crippen molar-refractivity contribution in [1.82, 2.24) is 15.1 Å². The summed E-state index contributed by atoms with van der Waals surface area (Å²) in [6.07, 6.45) is 6.36. The molecule has 5 nitrogen and oxygen atoms in total. The first-order chi connectivity index (χ1) is 13.7. The van der Waals surface area contributed by atoms with E-state index in [1.54, 1.807) is 29.7 Å². The Labute approximate surface area is 167 Å². The van der Waals surface area contributed by atoms with E-state index in [1.807, 2.05) is 28.3 Å². The number of aromatic nitrogens is 2. The SMILES string of the molecule is O=C(CN[C@H](c1ccc(F)cc1)c1cccs1)Nc1ccnn1C1CCCC1. The van der Waals surface area contributed by atoms with Gasteiger partial charge in [-0.3, -0.25) is 10.1 Å². The lowest BCUT2D eigenvalue weighted by atomic mass is 10.1. The summed E-state index contributed by atoms with van der Waals surface area (Å²) in [4.78, 5) is 13.6. The number of anilines is 1. The van der Waals surface area contributed by atoms with Crippen LogP contribution < -0.4 is 10.6 Å². The summed E-state index contributed by atoms with van der Waals surface area (Å²) in [5.41, 5.74) is 0.924. The lowest BCUT2D eigenvalue weighted by molar-refractivity contribution is -0.115. The van der Waals surface area contributed by atoms with Gasteiger partial charge in [-0.05, 0) is 42.0 Å². The largest absolute Gasteiger partial charge is 0.310 e. The number of nitrogens with zero attached hydrogens (tertiary/aromatic N) is 2. The topological polar surface area (TPSA) is 59.0 Å². The molecule has 1 atom stereocenters. The summed E-state index contributed by atoms with van der Waals surface area (Å²) in [7, 11) is 0. The third kappa shape index (κ3) is 4.31. The van der Waals surface area contributed by atoms with Crippen molar-refractivity contribution >= 4 is 23.1 Å². The van der Waals surface area contributed by atoms with E-state index in [0.29, 0.717) is 6.04 Å². The van der Waals surface area contributed by atoms with Crippen LogP contribution >= 0.6 is 11.3 Å². The molecule has 1 aromatic carbocycles. The number of nitrogens with one attached hydrogen (secondary N) is 2. The molecule has 1 aliphatic carbocycles. The van der Waals surface area contributed by atoms with E-state index in [4.69, 9.17) is 0 Å². The predicted octanol–water partition coefficient (Wildman–Crippen LogP) is 4.52. The lowest BCUT2D eigenvalue weighted by Crippen LogP contribution is -2.32. The van der Waals surface area contributed by atoms with Gasteiger partial charge >= 0.3 is 0 Å². The van der Waals surface area contributed by atoms with Crippen molar-refractivity contribution in [3.05, 3.63) is 70.3 Å². The number of halogens is 1. The molecule has 1 saturated carbocycles. The number of hydrogen-bond donors (Lipinski definition) is 2. The molecule has 3 aromatic rings. The standard InChI is InChI=1S/C21H23FN4OS/c22-16-9-7-15(8-10-16)21(18-6-3-13-28-18)23-14-20(27)25-19-11-12-24-26(19)17-4-1-2-5-17/h3,6-13,17,21,23H,1-2,4-5,14H2,(H,25,27)/t21-/m1/s1. The maximum absolute atomic E-state index is 13.3. The molecular weight excluding hydrogens is 375 g/mol. The van der Waals surface area contributed by atoms with Gasteiger partial charge in [0.15, 0.2) is 0 Å². The maximum atomic E-state index is 13.3. The van der Waals surface area contributed by atoms with Gasteiger partial charge in [-0.2, -0.15) is 5.10 Å². The van der Waals surface area contributed by atoms with E-state index >= 15 is 0 Å². The van der Waals surface area contributed by atoms with Crippen LogP contribution in [0.25, 0.3) is 0 Å². The molecule has 2 heterocycles. The molecule has 2 aromatic heterocycles. The highest BCUT2D eigenvalue weighted by molar-refractivity contribution is 7.10. The van der Waals surface area contributed by atoms with Crippen molar-refractivity contribution in [2.75, 3.05) is 11.9 Å². The van der Waals surface area contributed by atoms with Gasteiger partial charge in [0.05, 0.1) is 24.8 Å². The van der Waals surface area contributed by atoms with Crippen molar-refractivity contribution in [3.63, 3.8) is 0 Å². The molecule has 0 aliphatic heterocycles. The number of hydrogen-bond acceptors (Lipinski definition) is 4. The molecule has 0 unspecified atom stereocenters. The lowest BCUT2D eigenvalue weighted by Gasteiger charge is -2.19. The second-order valence-electron chi connectivity index (χ2n) is 7.03. The Morgan fingerprint density at radius 1 is 1.21 bits per heavy atom. The fourth-order valence-electron chi connectivity index (χ4n) is 3.73. The molecule has 1 fully saturated rings. The van der Waals surface area contributed by atoms with Gasteiger partial charge in [0.25, 0.3) is 0 Å². The zero-order valence-corrected chi connectivity index (χ0v) is 16.3. The number of amides is 1.